The summed E-state index contributed by atoms with van der Waals surface area (Å²) in [5.41, 5.74) is 3.23. The monoisotopic (exact) mass is 347 g/mol. The Morgan fingerprint density at radius 2 is 1.87 bits per heavy atom. The van der Waals surface area contributed by atoms with Crippen LogP contribution in [0.3, 0.4) is 0 Å². The molecular formula is C19H19Cl2NO. The van der Waals surface area contributed by atoms with Crippen LogP contribution < -0.4 is 5.32 Å². The Morgan fingerprint density at radius 3 is 2.57 bits per heavy atom. The molecule has 1 aliphatic rings. The Bertz CT molecular complexity index is 794. The van der Waals surface area contributed by atoms with Gasteiger partial charge in [-0.1, -0.05) is 48.4 Å². The first-order valence-electron chi connectivity index (χ1n) is 7.81. The molecule has 1 aliphatic carbocycles. The van der Waals surface area contributed by atoms with E-state index in [1.54, 1.807) is 0 Å². The highest BCUT2D eigenvalue weighted by atomic mass is 35.5. The Balaban J connectivity index is 0.00000156. The number of hydrogen-bond acceptors (Lipinski definition) is 2. The van der Waals surface area contributed by atoms with Crippen molar-refractivity contribution in [1.82, 2.24) is 5.32 Å². The van der Waals surface area contributed by atoms with Gasteiger partial charge >= 0.3 is 0 Å². The molecule has 1 heterocycles. The second kappa shape index (κ2) is 6.96. The van der Waals surface area contributed by atoms with E-state index in [0.29, 0.717) is 6.04 Å². The molecule has 0 aliphatic heterocycles. The first-order valence-corrected chi connectivity index (χ1v) is 8.19. The number of nitrogens with one attached hydrogen (secondary N) is 1. The molecule has 120 valence electrons. The zero-order valence-corrected chi connectivity index (χ0v) is 14.3. The van der Waals surface area contributed by atoms with Crippen molar-refractivity contribution in [3.8, 4) is 11.1 Å². The van der Waals surface area contributed by atoms with Crippen LogP contribution in [0.25, 0.3) is 22.1 Å². The van der Waals surface area contributed by atoms with E-state index in [0.717, 1.165) is 33.9 Å². The Hall–Kier alpha value is -1.48. The van der Waals surface area contributed by atoms with E-state index in [4.69, 9.17) is 16.0 Å². The van der Waals surface area contributed by atoms with Gasteiger partial charge in [-0.05, 0) is 36.6 Å². The molecule has 0 radical (unpaired) electrons. The predicted octanol–water partition coefficient (Wildman–Crippen LogP) is 5.82. The topological polar surface area (TPSA) is 25.2 Å². The molecule has 1 saturated carbocycles. The summed E-state index contributed by atoms with van der Waals surface area (Å²) in [6, 6.07) is 16.9. The number of benzene rings is 2. The van der Waals surface area contributed by atoms with Gasteiger partial charge in [0.2, 0.25) is 0 Å². The van der Waals surface area contributed by atoms with Crippen LogP contribution in [0.5, 0.6) is 0 Å². The van der Waals surface area contributed by atoms with Crippen molar-refractivity contribution >= 4 is 35.0 Å². The minimum atomic E-state index is 0. The molecule has 4 heteroatoms. The van der Waals surface area contributed by atoms with Crippen LogP contribution in [0.4, 0.5) is 0 Å². The van der Waals surface area contributed by atoms with Gasteiger partial charge in [0.25, 0.3) is 0 Å². The Labute approximate surface area is 147 Å². The lowest BCUT2D eigenvalue weighted by molar-refractivity contribution is 0.327. The summed E-state index contributed by atoms with van der Waals surface area (Å²) < 4.78 is 6.11. The highest BCUT2D eigenvalue weighted by Crippen LogP contribution is 2.36. The third-order valence-electron chi connectivity index (χ3n) is 4.44. The van der Waals surface area contributed by atoms with Crippen LogP contribution in [0, 0.1) is 0 Å². The number of hydrogen-bond donors (Lipinski definition) is 1. The van der Waals surface area contributed by atoms with Crippen molar-refractivity contribution in [3.05, 3.63) is 59.3 Å². The predicted molar refractivity (Wildman–Crippen MR) is 98.4 cm³/mol. The molecule has 0 bridgehead atoms. The van der Waals surface area contributed by atoms with E-state index < -0.39 is 0 Å². The second-order valence-corrected chi connectivity index (χ2v) is 6.35. The van der Waals surface area contributed by atoms with Crippen LogP contribution in [-0.4, -0.2) is 6.04 Å². The summed E-state index contributed by atoms with van der Waals surface area (Å²) in [6.45, 7) is 0.765. The van der Waals surface area contributed by atoms with Gasteiger partial charge in [-0.25, -0.2) is 0 Å². The molecular weight excluding hydrogens is 329 g/mol. The fourth-order valence-corrected chi connectivity index (χ4v) is 3.19. The van der Waals surface area contributed by atoms with Crippen molar-refractivity contribution in [3.63, 3.8) is 0 Å². The SMILES string of the molecule is Cl.Clc1ccc2oc(CNC3CCC3)c(-c3ccccc3)c2c1. The summed E-state index contributed by atoms with van der Waals surface area (Å²) in [4.78, 5) is 0. The van der Waals surface area contributed by atoms with E-state index >= 15 is 0 Å². The lowest BCUT2D eigenvalue weighted by Crippen LogP contribution is -2.34. The fraction of sp³-hybridized carbons (Fsp3) is 0.263. The number of rotatable bonds is 4. The Kier molecular flexibility index (Phi) is 4.96. The van der Waals surface area contributed by atoms with Crippen molar-refractivity contribution in [2.75, 3.05) is 0 Å². The van der Waals surface area contributed by atoms with Crippen molar-refractivity contribution < 1.29 is 4.42 Å². The number of furan rings is 1. The van der Waals surface area contributed by atoms with Gasteiger partial charge in [-0.15, -0.1) is 12.4 Å². The lowest BCUT2D eigenvalue weighted by Gasteiger charge is -2.26. The zero-order valence-electron chi connectivity index (χ0n) is 12.7. The maximum absolute atomic E-state index is 6.19. The molecule has 0 amide bonds. The van der Waals surface area contributed by atoms with Gasteiger partial charge in [-0.3, -0.25) is 0 Å². The van der Waals surface area contributed by atoms with E-state index in [1.165, 1.54) is 24.8 Å². The lowest BCUT2D eigenvalue weighted by atomic mass is 9.93. The van der Waals surface area contributed by atoms with Gasteiger partial charge in [-0.2, -0.15) is 0 Å². The second-order valence-electron chi connectivity index (χ2n) is 5.92. The maximum Gasteiger partial charge on any atom is 0.135 e. The summed E-state index contributed by atoms with van der Waals surface area (Å²) in [5, 5.41) is 5.42. The number of fused-ring (bicyclic) bond motifs is 1. The standard InChI is InChI=1S/C19H18ClNO.ClH/c20-14-9-10-17-16(11-14)19(13-5-2-1-3-6-13)18(22-17)12-21-15-7-4-8-15;/h1-3,5-6,9-11,15,21H,4,7-8,12H2;1H. The largest absolute Gasteiger partial charge is 0.459 e. The molecule has 1 aromatic heterocycles. The zero-order chi connectivity index (χ0) is 14.9. The smallest absolute Gasteiger partial charge is 0.135 e. The minimum absolute atomic E-state index is 0. The molecule has 1 N–H and O–H groups in total. The number of halogens is 2. The van der Waals surface area contributed by atoms with Crippen LogP contribution in [0.2, 0.25) is 5.02 Å². The first kappa shape index (κ1) is 16.4. The molecule has 2 nitrogen and oxygen atoms in total. The van der Waals surface area contributed by atoms with Crippen LogP contribution in [-0.2, 0) is 6.54 Å². The normalized spacial score (nSPS) is 14.5. The highest BCUT2D eigenvalue weighted by molar-refractivity contribution is 6.31. The molecule has 0 atom stereocenters. The van der Waals surface area contributed by atoms with Gasteiger partial charge in [0, 0.05) is 22.0 Å². The third kappa shape index (κ3) is 3.25. The van der Waals surface area contributed by atoms with E-state index in [2.05, 4.69) is 29.6 Å². The summed E-state index contributed by atoms with van der Waals surface area (Å²) in [6.07, 6.45) is 3.87. The third-order valence-corrected chi connectivity index (χ3v) is 4.68. The summed E-state index contributed by atoms with van der Waals surface area (Å²) >= 11 is 6.19. The molecule has 23 heavy (non-hydrogen) atoms. The van der Waals surface area contributed by atoms with Crippen LogP contribution in [0.1, 0.15) is 25.0 Å². The Morgan fingerprint density at radius 1 is 1.09 bits per heavy atom. The molecule has 0 saturated heterocycles. The van der Waals surface area contributed by atoms with E-state index in [1.807, 2.05) is 24.3 Å². The summed E-state index contributed by atoms with van der Waals surface area (Å²) in [5.74, 6) is 0.996. The minimum Gasteiger partial charge on any atom is -0.459 e. The van der Waals surface area contributed by atoms with Gasteiger partial charge in [0.15, 0.2) is 0 Å². The highest BCUT2D eigenvalue weighted by Gasteiger charge is 2.20. The van der Waals surface area contributed by atoms with E-state index in [9.17, 15) is 0 Å². The average molecular weight is 348 g/mol. The first-order chi connectivity index (χ1) is 10.8. The van der Waals surface area contributed by atoms with Crippen LogP contribution >= 0.6 is 24.0 Å². The van der Waals surface area contributed by atoms with Crippen LogP contribution in [0.15, 0.2) is 52.9 Å². The van der Waals surface area contributed by atoms with E-state index in [-0.39, 0.29) is 12.4 Å². The fourth-order valence-electron chi connectivity index (χ4n) is 3.02. The molecule has 2 aromatic carbocycles. The van der Waals surface area contributed by atoms with Crippen molar-refractivity contribution in [1.29, 1.82) is 0 Å². The quantitative estimate of drug-likeness (QED) is 0.643. The molecule has 1 fully saturated rings. The average Bonchev–Trinajstić information content (AvgIpc) is 2.84. The maximum atomic E-state index is 6.19. The molecule has 0 unspecified atom stereocenters. The summed E-state index contributed by atoms with van der Waals surface area (Å²) in [7, 11) is 0. The molecule has 0 spiro atoms. The molecule has 3 aromatic rings. The van der Waals surface area contributed by atoms with Gasteiger partial charge < -0.3 is 9.73 Å². The van der Waals surface area contributed by atoms with Crippen molar-refractivity contribution in [2.24, 2.45) is 0 Å². The molecule has 4 rings (SSSR count). The van der Waals surface area contributed by atoms with Crippen molar-refractivity contribution in [2.45, 2.75) is 31.8 Å². The van der Waals surface area contributed by atoms with Gasteiger partial charge in [0.05, 0.1) is 6.54 Å². The van der Waals surface area contributed by atoms with Gasteiger partial charge in [0.1, 0.15) is 11.3 Å².